The highest BCUT2D eigenvalue weighted by molar-refractivity contribution is 7.91. The fourth-order valence-corrected chi connectivity index (χ4v) is 5.59. The second kappa shape index (κ2) is 5.22. The number of rotatable bonds is 3. The Morgan fingerprint density at radius 1 is 1.23 bits per heavy atom. The first-order chi connectivity index (χ1) is 10.7. The van der Waals surface area contributed by atoms with Gasteiger partial charge in [0, 0.05) is 35.1 Å². The van der Waals surface area contributed by atoms with Gasteiger partial charge in [0.05, 0.1) is 9.79 Å². The zero-order valence-electron chi connectivity index (χ0n) is 11.9. The van der Waals surface area contributed by atoms with Gasteiger partial charge < -0.3 is 9.88 Å². The van der Waals surface area contributed by atoms with Crippen molar-refractivity contribution >= 4 is 32.1 Å². The van der Waals surface area contributed by atoms with Crippen LogP contribution in [0.2, 0.25) is 0 Å². The van der Waals surface area contributed by atoms with Gasteiger partial charge in [0.2, 0.25) is 9.84 Å². The third-order valence-electron chi connectivity index (χ3n) is 4.23. The molecule has 1 saturated heterocycles. The molecule has 0 saturated carbocycles. The summed E-state index contributed by atoms with van der Waals surface area (Å²) in [6.07, 6.45) is 2.84. The lowest BCUT2D eigenvalue weighted by atomic mass is 10.2. The van der Waals surface area contributed by atoms with Crippen LogP contribution < -0.4 is 5.32 Å². The van der Waals surface area contributed by atoms with E-state index in [-0.39, 0.29) is 0 Å². The van der Waals surface area contributed by atoms with Crippen LogP contribution in [0.3, 0.4) is 0 Å². The summed E-state index contributed by atoms with van der Waals surface area (Å²) in [6.45, 7) is 1.86. The molecule has 1 fully saturated rings. The van der Waals surface area contributed by atoms with Crippen molar-refractivity contribution < 1.29 is 8.42 Å². The van der Waals surface area contributed by atoms with Crippen LogP contribution in [0, 0.1) is 0 Å². The minimum atomic E-state index is -3.46. The molecule has 1 aliphatic rings. The molecule has 3 aromatic rings. The van der Waals surface area contributed by atoms with Crippen molar-refractivity contribution in [1.82, 2.24) is 9.88 Å². The average molecular weight is 332 g/mol. The highest BCUT2D eigenvalue weighted by atomic mass is 32.2. The maximum atomic E-state index is 12.9. The minimum absolute atomic E-state index is 0.316. The molecule has 0 amide bonds. The van der Waals surface area contributed by atoms with Gasteiger partial charge in [-0.3, -0.25) is 0 Å². The molecule has 1 aromatic carbocycles. The summed E-state index contributed by atoms with van der Waals surface area (Å²) in [4.78, 5) is 0.790. The number of hydrogen-bond donors (Lipinski definition) is 1. The molecule has 0 radical (unpaired) electrons. The largest absolute Gasteiger partial charge is 0.342 e. The molecule has 22 heavy (non-hydrogen) atoms. The highest BCUT2D eigenvalue weighted by Gasteiger charge is 2.26. The monoisotopic (exact) mass is 332 g/mol. The van der Waals surface area contributed by atoms with Crippen LogP contribution in [0.15, 0.2) is 57.1 Å². The molecular formula is C16H16N2O2S2. The molecule has 6 heteroatoms. The number of para-hydroxylation sites is 1. The van der Waals surface area contributed by atoms with Crippen molar-refractivity contribution in [2.24, 2.45) is 0 Å². The van der Waals surface area contributed by atoms with E-state index in [0.717, 1.165) is 30.4 Å². The number of sulfone groups is 1. The molecular weight excluding hydrogens is 316 g/mol. The molecule has 1 unspecified atom stereocenters. The van der Waals surface area contributed by atoms with Gasteiger partial charge in [-0.15, -0.1) is 0 Å². The summed E-state index contributed by atoms with van der Waals surface area (Å²) in [5, 5.41) is 7.64. The lowest BCUT2D eigenvalue weighted by molar-refractivity contribution is 0.560. The maximum Gasteiger partial charge on any atom is 0.209 e. The van der Waals surface area contributed by atoms with Crippen molar-refractivity contribution in [1.29, 1.82) is 0 Å². The van der Waals surface area contributed by atoms with Gasteiger partial charge in [-0.05, 0) is 30.5 Å². The molecule has 0 aliphatic carbocycles. The third kappa shape index (κ3) is 2.10. The molecule has 3 heterocycles. The molecule has 0 spiro atoms. The topological polar surface area (TPSA) is 51.1 Å². The number of aromatic nitrogens is 1. The van der Waals surface area contributed by atoms with Gasteiger partial charge in [0.25, 0.3) is 0 Å². The molecule has 1 N–H and O–H groups in total. The van der Waals surface area contributed by atoms with Crippen LogP contribution in [-0.4, -0.2) is 26.1 Å². The van der Waals surface area contributed by atoms with Crippen LogP contribution in [-0.2, 0) is 9.84 Å². The molecule has 2 aromatic heterocycles. The van der Waals surface area contributed by atoms with E-state index in [2.05, 4.69) is 9.88 Å². The maximum absolute atomic E-state index is 12.9. The van der Waals surface area contributed by atoms with Crippen LogP contribution in [0.4, 0.5) is 0 Å². The van der Waals surface area contributed by atoms with Gasteiger partial charge in [0.15, 0.2) is 0 Å². The van der Waals surface area contributed by atoms with E-state index in [1.165, 1.54) is 11.3 Å². The van der Waals surface area contributed by atoms with Crippen molar-refractivity contribution in [3.63, 3.8) is 0 Å². The molecule has 1 atom stereocenters. The Labute approximate surface area is 133 Å². The number of fused-ring (bicyclic) bond motifs is 1. The predicted octanol–water partition coefficient (Wildman–Crippen LogP) is 3.07. The first kappa shape index (κ1) is 14.0. The van der Waals surface area contributed by atoms with Gasteiger partial charge in [-0.2, -0.15) is 11.3 Å². The first-order valence-corrected chi connectivity index (χ1v) is 9.68. The van der Waals surface area contributed by atoms with Crippen molar-refractivity contribution in [3.8, 4) is 0 Å². The fraction of sp³-hybridized carbons (Fsp3) is 0.250. The quantitative estimate of drug-likeness (QED) is 0.802. The minimum Gasteiger partial charge on any atom is -0.342 e. The summed E-state index contributed by atoms with van der Waals surface area (Å²) in [5.74, 6) is 0. The second-order valence-corrected chi connectivity index (χ2v) is 8.23. The molecule has 4 nitrogen and oxygen atoms in total. The Morgan fingerprint density at radius 3 is 2.82 bits per heavy atom. The third-order valence-corrected chi connectivity index (χ3v) is 6.84. The highest BCUT2D eigenvalue weighted by Crippen LogP contribution is 2.33. The number of nitrogens with zero attached hydrogens (tertiary/aromatic N) is 1. The lowest BCUT2D eigenvalue weighted by Crippen LogP contribution is -2.12. The Morgan fingerprint density at radius 2 is 2.09 bits per heavy atom. The fourth-order valence-electron chi connectivity index (χ4n) is 3.10. The summed E-state index contributed by atoms with van der Waals surface area (Å²) >= 11 is 1.40. The second-order valence-electron chi connectivity index (χ2n) is 5.53. The van der Waals surface area contributed by atoms with Crippen LogP contribution in [0.25, 0.3) is 10.9 Å². The molecule has 1 aliphatic heterocycles. The SMILES string of the molecule is O=S(=O)(c1ccsc1)c1cn(C2CCNC2)c2ccccc12. The summed E-state index contributed by atoms with van der Waals surface area (Å²) in [5.41, 5.74) is 0.991. The van der Waals surface area contributed by atoms with E-state index in [0.29, 0.717) is 15.8 Å². The normalized spacial score (nSPS) is 19.0. The molecule has 114 valence electrons. The molecule has 0 bridgehead atoms. The summed E-state index contributed by atoms with van der Waals surface area (Å²) in [7, 11) is -3.46. The average Bonchev–Trinajstić information content (AvgIpc) is 3.26. The van der Waals surface area contributed by atoms with Gasteiger partial charge in [0.1, 0.15) is 0 Å². The Hall–Kier alpha value is -1.63. The van der Waals surface area contributed by atoms with E-state index < -0.39 is 9.84 Å². The standard InChI is InChI=1S/C16H16N2O2S2/c19-22(20,13-6-8-21-11-13)16-10-18(12-5-7-17-9-12)15-4-2-1-3-14(15)16/h1-4,6,8,10-12,17H,5,7,9H2. The summed E-state index contributed by atoms with van der Waals surface area (Å²) in [6, 6.07) is 9.74. The van der Waals surface area contributed by atoms with Crippen molar-refractivity contribution in [3.05, 3.63) is 47.3 Å². The van der Waals surface area contributed by atoms with E-state index >= 15 is 0 Å². The van der Waals surface area contributed by atoms with Crippen LogP contribution in [0.5, 0.6) is 0 Å². The van der Waals surface area contributed by atoms with E-state index in [9.17, 15) is 8.42 Å². The first-order valence-electron chi connectivity index (χ1n) is 7.25. The van der Waals surface area contributed by atoms with Gasteiger partial charge in [-0.25, -0.2) is 8.42 Å². The Kier molecular flexibility index (Phi) is 3.32. The smallest absolute Gasteiger partial charge is 0.209 e. The van der Waals surface area contributed by atoms with Crippen molar-refractivity contribution in [2.75, 3.05) is 13.1 Å². The van der Waals surface area contributed by atoms with E-state index in [4.69, 9.17) is 0 Å². The Bertz CT molecular complexity index is 905. The zero-order valence-corrected chi connectivity index (χ0v) is 13.5. The molecule has 4 rings (SSSR count). The summed E-state index contributed by atoms with van der Waals surface area (Å²) < 4.78 is 27.9. The van der Waals surface area contributed by atoms with E-state index in [1.54, 1.807) is 16.8 Å². The van der Waals surface area contributed by atoms with Crippen LogP contribution >= 0.6 is 11.3 Å². The number of nitrogens with one attached hydrogen (secondary N) is 1. The van der Waals surface area contributed by atoms with Crippen LogP contribution in [0.1, 0.15) is 12.5 Å². The van der Waals surface area contributed by atoms with Crippen molar-refractivity contribution in [2.45, 2.75) is 22.3 Å². The van der Waals surface area contributed by atoms with Gasteiger partial charge >= 0.3 is 0 Å². The Balaban J connectivity index is 1.95. The zero-order chi connectivity index (χ0) is 15.2. The van der Waals surface area contributed by atoms with Gasteiger partial charge in [-0.1, -0.05) is 18.2 Å². The number of benzene rings is 1. The lowest BCUT2D eigenvalue weighted by Gasteiger charge is -2.12. The van der Waals surface area contributed by atoms with E-state index in [1.807, 2.05) is 30.5 Å². The number of thiophene rings is 1. The predicted molar refractivity (Wildman–Crippen MR) is 88.2 cm³/mol. The number of hydrogen-bond acceptors (Lipinski definition) is 4.